The third kappa shape index (κ3) is 4.67. The van der Waals surface area contributed by atoms with E-state index in [4.69, 9.17) is 16.7 Å². The lowest BCUT2D eigenvalue weighted by Gasteiger charge is -2.30. The van der Waals surface area contributed by atoms with Crippen molar-refractivity contribution in [1.29, 1.82) is 0 Å². The molecule has 1 saturated carbocycles. The zero-order valence-electron chi connectivity index (χ0n) is 19.2. The van der Waals surface area contributed by atoms with Gasteiger partial charge in [0.05, 0.1) is 36.7 Å². The molecule has 2 aliphatic carbocycles. The fraction of sp³-hybridized carbons (Fsp3) is 0.462. The van der Waals surface area contributed by atoms with Gasteiger partial charge in [0.2, 0.25) is 5.91 Å². The summed E-state index contributed by atoms with van der Waals surface area (Å²) in [5, 5.41) is 18.6. The number of carbonyl (C=O) groups excluding carboxylic acids is 1. The van der Waals surface area contributed by atoms with Crippen molar-refractivity contribution in [2.24, 2.45) is 5.92 Å². The molecule has 0 saturated heterocycles. The average molecular weight is 563 g/mol. The largest absolute Gasteiger partial charge is 0.508 e. The van der Waals surface area contributed by atoms with Crippen LogP contribution in [0.1, 0.15) is 69.0 Å². The van der Waals surface area contributed by atoms with Crippen LogP contribution in [0.4, 0.5) is 0 Å². The monoisotopic (exact) mass is 561 g/mol. The first-order valence-electron chi connectivity index (χ1n) is 12.1. The second kappa shape index (κ2) is 10.0. The van der Waals surface area contributed by atoms with Crippen molar-refractivity contribution in [3.8, 4) is 22.0 Å². The molecular formula is C26H29BrClN3O2S. The smallest absolute Gasteiger partial charge is 0.229 e. The van der Waals surface area contributed by atoms with Crippen LogP contribution in [0, 0.1) is 5.92 Å². The first kappa shape index (κ1) is 23.9. The van der Waals surface area contributed by atoms with Crippen LogP contribution in [0.15, 0.2) is 34.1 Å². The van der Waals surface area contributed by atoms with Crippen LogP contribution < -0.4 is 5.32 Å². The Morgan fingerprint density at radius 3 is 2.71 bits per heavy atom. The average Bonchev–Trinajstić information content (AvgIpc) is 3.42. The van der Waals surface area contributed by atoms with E-state index in [2.05, 4.69) is 34.2 Å². The summed E-state index contributed by atoms with van der Waals surface area (Å²) >= 11 is 11.8. The van der Waals surface area contributed by atoms with Gasteiger partial charge in [-0.3, -0.25) is 4.79 Å². The molecular weight excluding hydrogens is 534 g/mol. The van der Waals surface area contributed by atoms with E-state index in [-0.39, 0.29) is 23.6 Å². The molecule has 0 spiro atoms. The molecule has 2 aliphatic rings. The van der Waals surface area contributed by atoms with Gasteiger partial charge >= 0.3 is 0 Å². The Morgan fingerprint density at radius 1 is 1.21 bits per heavy atom. The van der Waals surface area contributed by atoms with Crippen molar-refractivity contribution < 1.29 is 9.90 Å². The lowest BCUT2D eigenvalue weighted by atomic mass is 9.83. The Bertz CT molecular complexity index is 1200. The number of aromatic nitrogens is 2. The predicted molar refractivity (Wildman–Crippen MR) is 141 cm³/mol. The standard InChI is InChI=1S/C26H29BrClN3O2S/c1-15(16-6-3-2-4-7-16)29-26(33)19-9-5-8-18-24(19)30-31(21-11-10-17(32)14-20(21)28)25(18)22-12-13-23(27)34-22/h10-16,19,32H,2-9H2,1H3,(H,29,33)/t15-,19-/m1/s1. The van der Waals surface area contributed by atoms with E-state index in [9.17, 15) is 9.90 Å². The van der Waals surface area contributed by atoms with Gasteiger partial charge in [0.15, 0.2) is 0 Å². The Kier molecular flexibility index (Phi) is 7.05. The summed E-state index contributed by atoms with van der Waals surface area (Å²) in [7, 11) is 0. The van der Waals surface area contributed by atoms with Gasteiger partial charge in [-0.2, -0.15) is 5.10 Å². The van der Waals surface area contributed by atoms with E-state index in [1.807, 2.05) is 10.7 Å². The number of halogens is 2. The first-order chi connectivity index (χ1) is 16.4. The number of aromatic hydroxyl groups is 1. The quantitative estimate of drug-likeness (QED) is 0.345. The number of amides is 1. The summed E-state index contributed by atoms with van der Waals surface area (Å²) in [5.41, 5.74) is 3.65. The van der Waals surface area contributed by atoms with Crippen LogP contribution in [0.3, 0.4) is 0 Å². The highest BCUT2D eigenvalue weighted by Crippen LogP contribution is 2.43. The van der Waals surface area contributed by atoms with E-state index in [0.717, 1.165) is 44.9 Å². The van der Waals surface area contributed by atoms with Crippen molar-refractivity contribution in [2.45, 2.75) is 70.3 Å². The van der Waals surface area contributed by atoms with E-state index < -0.39 is 0 Å². The van der Waals surface area contributed by atoms with E-state index in [1.54, 1.807) is 23.5 Å². The Hall–Kier alpha value is -1.83. The zero-order chi connectivity index (χ0) is 23.8. The van der Waals surface area contributed by atoms with Gasteiger partial charge in [-0.25, -0.2) is 4.68 Å². The number of phenolic OH excluding ortho intramolecular Hbond substituents is 1. The molecule has 1 fully saturated rings. The second-order valence-corrected chi connectivity index (χ2v) is 12.4. The number of hydrogen-bond acceptors (Lipinski definition) is 4. The molecule has 180 valence electrons. The molecule has 2 atom stereocenters. The second-order valence-electron chi connectivity index (χ2n) is 9.50. The molecule has 2 heterocycles. The predicted octanol–water partition coefficient (Wildman–Crippen LogP) is 7.23. The molecule has 34 heavy (non-hydrogen) atoms. The van der Waals surface area contributed by atoms with Crippen LogP contribution in [0.2, 0.25) is 5.02 Å². The number of nitrogens with zero attached hydrogens (tertiary/aromatic N) is 2. The molecule has 5 rings (SSSR count). The number of hydrogen-bond donors (Lipinski definition) is 2. The Morgan fingerprint density at radius 2 is 2.00 bits per heavy atom. The van der Waals surface area contributed by atoms with Crippen molar-refractivity contribution in [1.82, 2.24) is 15.1 Å². The lowest BCUT2D eigenvalue weighted by Crippen LogP contribution is -2.42. The summed E-state index contributed by atoms with van der Waals surface area (Å²) in [5.74, 6) is 0.488. The number of rotatable bonds is 5. The third-order valence-corrected chi connectivity index (χ3v) is 9.21. The molecule has 8 heteroatoms. The number of benzene rings is 1. The zero-order valence-corrected chi connectivity index (χ0v) is 22.3. The normalized spacial score (nSPS) is 19.6. The molecule has 5 nitrogen and oxygen atoms in total. The SMILES string of the molecule is C[C@@H](NC(=O)[C@@H]1CCCc2c1nn(-c1ccc(O)cc1Cl)c2-c1ccc(Br)s1)C1CCCCC1. The molecule has 0 radical (unpaired) electrons. The minimum absolute atomic E-state index is 0.0828. The summed E-state index contributed by atoms with van der Waals surface area (Å²) in [6.45, 7) is 2.15. The summed E-state index contributed by atoms with van der Waals surface area (Å²) < 4.78 is 2.90. The van der Waals surface area contributed by atoms with Crippen molar-refractivity contribution in [3.05, 3.63) is 50.4 Å². The topological polar surface area (TPSA) is 67.2 Å². The van der Waals surface area contributed by atoms with Crippen LogP contribution in [0.25, 0.3) is 16.3 Å². The number of phenols is 1. The molecule has 2 N–H and O–H groups in total. The first-order valence-corrected chi connectivity index (χ1v) is 14.1. The Balaban J connectivity index is 1.53. The Labute approximate surface area is 217 Å². The molecule has 0 unspecified atom stereocenters. The molecule has 1 amide bonds. The number of thiophene rings is 1. The van der Waals surface area contributed by atoms with E-state index in [0.29, 0.717) is 16.6 Å². The molecule has 1 aromatic carbocycles. The number of carbonyl (C=O) groups is 1. The van der Waals surface area contributed by atoms with Crippen LogP contribution >= 0.6 is 38.9 Å². The van der Waals surface area contributed by atoms with Crippen molar-refractivity contribution in [3.63, 3.8) is 0 Å². The highest BCUT2D eigenvalue weighted by molar-refractivity contribution is 9.11. The van der Waals surface area contributed by atoms with Crippen molar-refractivity contribution in [2.75, 3.05) is 0 Å². The summed E-state index contributed by atoms with van der Waals surface area (Å²) in [6, 6.07) is 9.21. The van der Waals surface area contributed by atoms with Crippen LogP contribution in [-0.2, 0) is 11.2 Å². The third-order valence-electron chi connectivity index (χ3n) is 7.27. The minimum Gasteiger partial charge on any atom is -0.508 e. The van der Waals surface area contributed by atoms with Gasteiger partial charge in [0.1, 0.15) is 5.75 Å². The van der Waals surface area contributed by atoms with Crippen molar-refractivity contribution >= 4 is 44.8 Å². The molecule has 0 bridgehead atoms. The maximum atomic E-state index is 13.5. The van der Waals surface area contributed by atoms with Gasteiger partial charge in [-0.15, -0.1) is 11.3 Å². The fourth-order valence-corrected chi connectivity index (χ4v) is 7.18. The molecule has 3 aromatic rings. The van der Waals surface area contributed by atoms with Crippen LogP contribution in [0.5, 0.6) is 5.75 Å². The van der Waals surface area contributed by atoms with E-state index in [1.165, 1.54) is 38.2 Å². The highest BCUT2D eigenvalue weighted by atomic mass is 79.9. The maximum absolute atomic E-state index is 13.5. The van der Waals surface area contributed by atoms with Gasteiger partial charge in [0, 0.05) is 17.7 Å². The number of nitrogens with one attached hydrogen (secondary N) is 1. The maximum Gasteiger partial charge on any atom is 0.229 e. The number of fused-ring (bicyclic) bond motifs is 1. The summed E-state index contributed by atoms with van der Waals surface area (Å²) in [6.07, 6.45) is 8.83. The van der Waals surface area contributed by atoms with Gasteiger partial charge in [-0.05, 0) is 85.1 Å². The summed E-state index contributed by atoms with van der Waals surface area (Å²) in [4.78, 5) is 14.6. The lowest BCUT2D eigenvalue weighted by molar-refractivity contribution is -0.124. The van der Waals surface area contributed by atoms with E-state index >= 15 is 0 Å². The van der Waals surface area contributed by atoms with Gasteiger partial charge in [0.25, 0.3) is 0 Å². The molecule has 2 aromatic heterocycles. The minimum atomic E-state index is -0.269. The molecule has 0 aliphatic heterocycles. The van der Waals surface area contributed by atoms with Gasteiger partial charge < -0.3 is 10.4 Å². The fourth-order valence-electron chi connectivity index (χ4n) is 5.48. The highest BCUT2D eigenvalue weighted by Gasteiger charge is 2.35. The van der Waals surface area contributed by atoms with Crippen LogP contribution in [-0.4, -0.2) is 26.8 Å². The van der Waals surface area contributed by atoms with Gasteiger partial charge in [-0.1, -0.05) is 30.9 Å².